The average molecular weight is 291 g/mol. The van der Waals surface area contributed by atoms with Gasteiger partial charge in [-0.3, -0.25) is 4.79 Å². The summed E-state index contributed by atoms with van der Waals surface area (Å²) in [5.74, 6) is 0.316. The van der Waals surface area contributed by atoms with Crippen LogP contribution >= 0.6 is 0 Å². The highest BCUT2D eigenvalue weighted by Gasteiger charge is 2.23. The predicted octanol–water partition coefficient (Wildman–Crippen LogP) is 4.66. The van der Waals surface area contributed by atoms with Crippen LogP contribution in [-0.4, -0.2) is 18.4 Å². The summed E-state index contributed by atoms with van der Waals surface area (Å²) in [4.78, 5) is 12.4. The van der Waals surface area contributed by atoms with E-state index in [1.807, 2.05) is 6.08 Å². The number of unbranched alkanes of at least 4 members (excludes halogenated alkanes) is 1. The van der Waals surface area contributed by atoms with Crippen molar-refractivity contribution in [1.82, 2.24) is 5.32 Å². The molecule has 2 heteroatoms. The highest BCUT2D eigenvalue weighted by molar-refractivity contribution is 5.92. The first kappa shape index (κ1) is 18.2. The van der Waals surface area contributed by atoms with Gasteiger partial charge in [0.1, 0.15) is 0 Å². The van der Waals surface area contributed by atoms with E-state index in [9.17, 15) is 4.79 Å². The van der Waals surface area contributed by atoms with Gasteiger partial charge in [0.2, 0.25) is 0 Å². The van der Waals surface area contributed by atoms with Crippen LogP contribution in [0.5, 0.6) is 0 Å². The lowest BCUT2D eigenvalue weighted by molar-refractivity contribution is -0.118. The molecule has 0 radical (unpaired) electrons. The Kier molecular flexibility index (Phi) is 7.37. The van der Waals surface area contributed by atoms with E-state index in [2.05, 4.69) is 52.1 Å². The molecule has 0 amide bonds. The van der Waals surface area contributed by atoms with E-state index >= 15 is 0 Å². The molecule has 0 aromatic rings. The first-order valence-corrected chi connectivity index (χ1v) is 8.48. The van der Waals surface area contributed by atoms with E-state index < -0.39 is 0 Å². The molecule has 120 valence electrons. The molecule has 0 heterocycles. The van der Waals surface area contributed by atoms with Crippen LogP contribution in [0.2, 0.25) is 0 Å². The topological polar surface area (TPSA) is 29.1 Å². The van der Waals surface area contributed by atoms with Crippen LogP contribution in [0.3, 0.4) is 0 Å². The van der Waals surface area contributed by atoms with Crippen LogP contribution in [-0.2, 0) is 4.79 Å². The molecule has 0 aromatic heterocycles. The Labute approximate surface area is 131 Å². The first-order chi connectivity index (χ1) is 9.85. The van der Waals surface area contributed by atoms with Crippen molar-refractivity contribution in [3.8, 4) is 0 Å². The summed E-state index contributed by atoms with van der Waals surface area (Å²) in [5, 5.41) is 3.60. The number of ketones is 1. The molecule has 0 saturated heterocycles. The number of carbonyl (C=O) groups is 1. The van der Waals surface area contributed by atoms with Gasteiger partial charge in [0, 0.05) is 12.0 Å². The summed E-state index contributed by atoms with van der Waals surface area (Å²) in [6.45, 7) is 11.9. The van der Waals surface area contributed by atoms with Gasteiger partial charge in [-0.25, -0.2) is 0 Å². The van der Waals surface area contributed by atoms with Crippen LogP contribution in [0.25, 0.3) is 0 Å². The second-order valence-electron chi connectivity index (χ2n) is 7.22. The molecule has 0 fully saturated rings. The van der Waals surface area contributed by atoms with Crippen molar-refractivity contribution in [3.05, 3.63) is 23.8 Å². The van der Waals surface area contributed by atoms with Crippen molar-refractivity contribution >= 4 is 5.78 Å². The molecule has 2 atom stereocenters. The molecule has 0 bridgehead atoms. The predicted molar refractivity (Wildman–Crippen MR) is 91.4 cm³/mol. The third kappa shape index (κ3) is 6.60. The SMILES string of the molecule is CCCCN[C@@H]1CC/C(C)=C/CC(C)(C)/C=C/C(=O)[C@@H]1C. The maximum atomic E-state index is 12.4. The maximum Gasteiger partial charge on any atom is 0.159 e. The highest BCUT2D eigenvalue weighted by atomic mass is 16.1. The van der Waals surface area contributed by atoms with E-state index in [-0.39, 0.29) is 17.1 Å². The number of hydrogen-bond acceptors (Lipinski definition) is 2. The molecule has 0 spiro atoms. The Hall–Kier alpha value is -0.890. The Morgan fingerprint density at radius 1 is 1.38 bits per heavy atom. The van der Waals surface area contributed by atoms with Gasteiger partial charge in [0.25, 0.3) is 0 Å². The van der Waals surface area contributed by atoms with Gasteiger partial charge in [-0.05, 0) is 50.6 Å². The second kappa shape index (κ2) is 8.53. The number of nitrogens with one attached hydrogen (secondary N) is 1. The first-order valence-electron chi connectivity index (χ1n) is 8.48. The Bertz CT molecular complexity index is 392. The van der Waals surface area contributed by atoms with Crippen molar-refractivity contribution in [2.24, 2.45) is 11.3 Å². The lowest BCUT2D eigenvalue weighted by Crippen LogP contribution is -2.39. The van der Waals surface area contributed by atoms with Gasteiger partial charge in [-0.1, -0.05) is 51.8 Å². The van der Waals surface area contributed by atoms with Crippen molar-refractivity contribution in [1.29, 1.82) is 0 Å². The van der Waals surface area contributed by atoms with Crippen LogP contribution in [0, 0.1) is 11.3 Å². The van der Waals surface area contributed by atoms with Crippen LogP contribution in [0.4, 0.5) is 0 Å². The molecule has 1 rings (SSSR count). The zero-order valence-corrected chi connectivity index (χ0v) is 14.5. The van der Waals surface area contributed by atoms with E-state index in [1.54, 1.807) is 0 Å². The second-order valence-corrected chi connectivity index (χ2v) is 7.22. The third-order valence-corrected chi connectivity index (χ3v) is 4.51. The lowest BCUT2D eigenvalue weighted by Gasteiger charge is -2.24. The fourth-order valence-corrected chi connectivity index (χ4v) is 2.64. The zero-order valence-electron chi connectivity index (χ0n) is 14.5. The fraction of sp³-hybridized carbons (Fsp3) is 0.737. The van der Waals surface area contributed by atoms with E-state index in [0.29, 0.717) is 6.04 Å². The van der Waals surface area contributed by atoms with Crippen molar-refractivity contribution in [2.75, 3.05) is 6.54 Å². The molecule has 2 nitrogen and oxygen atoms in total. The molecule has 1 aliphatic rings. The molecule has 0 unspecified atom stereocenters. The number of carbonyl (C=O) groups excluding carboxylic acids is 1. The third-order valence-electron chi connectivity index (χ3n) is 4.51. The smallest absolute Gasteiger partial charge is 0.159 e. The Balaban J connectivity index is 2.85. The van der Waals surface area contributed by atoms with Gasteiger partial charge in [-0.2, -0.15) is 0 Å². The largest absolute Gasteiger partial charge is 0.313 e. The van der Waals surface area contributed by atoms with Gasteiger partial charge >= 0.3 is 0 Å². The molecule has 0 saturated carbocycles. The van der Waals surface area contributed by atoms with Gasteiger partial charge in [0.15, 0.2) is 5.78 Å². The van der Waals surface area contributed by atoms with Crippen LogP contribution in [0.1, 0.15) is 66.7 Å². The van der Waals surface area contributed by atoms with Crippen LogP contribution < -0.4 is 5.32 Å². The zero-order chi connectivity index (χ0) is 15.9. The molecule has 0 aromatic carbocycles. The summed E-state index contributed by atoms with van der Waals surface area (Å²) in [5.41, 5.74) is 1.51. The molecule has 1 N–H and O–H groups in total. The van der Waals surface area contributed by atoms with E-state index in [1.165, 1.54) is 18.4 Å². The van der Waals surface area contributed by atoms with E-state index in [4.69, 9.17) is 0 Å². The van der Waals surface area contributed by atoms with Gasteiger partial charge in [-0.15, -0.1) is 0 Å². The molecule has 0 aliphatic heterocycles. The molecule has 21 heavy (non-hydrogen) atoms. The van der Waals surface area contributed by atoms with Crippen LogP contribution in [0.15, 0.2) is 23.8 Å². The van der Waals surface area contributed by atoms with Gasteiger partial charge in [0.05, 0.1) is 0 Å². The summed E-state index contributed by atoms with van der Waals surface area (Å²) in [6, 6.07) is 0.290. The van der Waals surface area contributed by atoms with Crippen molar-refractivity contribution < 1.29 is 4.79 Å². The standard InChI is InChI=1S/C19H33NO/c1-6-7-14-20-17-9-8-15(2)10-12-19(4,5)13-11-18(21)16(17)3/h10-11,13,16-17,20H,6-9,12,14H2,1-5H3/b13-11+,15-10+/t16-,17-/m1/s1. The summed E-state index contributed by atoms with van der Waals surface area (Å²) in [6.07, 6.45) is 11.7. The summed E-state index contributed by atoms with van der Waals surface area (Å²) >= 11 is 0. The highest BCUT2D eigenvalue weighted by Crippen LogP contribution is 2.26. The fourth-order valence-electron chi connectivity index (χ4n) is 2.64. The monoisotopic (exact) mass is 291 g/mol. The van der Waals surface area contributed by atoms with Crippen molar-refractivity contribution in [3.63, 3.8) is 0 Å². The maximum absolute atomic E-state index is 12.4. The Morgan fingerprint density at radius 2 is 2.10 bits per heavy atom. The van der Waals surface area contributed by atoms with E-state index in [0.717, 1.165) is 25.8 Å². The minimum atomic E-state index is 0.0554. The normalized spacial score (nSPS) is 31.1. The minimum Gasteiger partial charge on any atom is -0.313 e. The molecule has 1 aliphatic carbocycles. The molecular weight excluding hydrogens is 258 g/mol. The van der Waals surface area contributed by atoms with Gasteiger partial charge < -0.3 is 5.32 Å². The van der Waals surface area contributed by atoms with Crippen molar-refractivity contribution in [2.45, 2.75) is 72.8 Å². The summed E-state index contributed by atoms with van der Waals surface area (Å²) in [7, 11) is 0. The summed E-state index contributed by atoms with van der Waals surface area (Å²) < 4.78 is 0. The molecular formula is C19H33NO. The quantitative estimate of drug-likeness (QED) is 0.603. The number of allylic oxidation sites excluding steroid dienone is 4. The lowest BCUT2D eigenvalue weighted by atomic mass is 9.87. The number of rotatable bonds is 4. The Morgan fingerprint density at radius 3 is 2.76 bits per heavy atom. The average Bonchev–Trinajstić information content (AvgIpc) is 2.46. The minimum absolute atomic E-state index is 0.0554. The number of hydrogen-bond donors (Lipinski definition) is 1.